The zero-order chi connectivity index (χ0) is 18.4. The number of nitrogens with zero attached hydrogens (tertiary/aromatic N) is 1. The van der Waals surface area contributed by atoms with Crippen LogP contribution in [0.5, 0.6) is 0 Å². The molecule has 26 heavy (non-hydrogen) atoms. The van der Waals surface area contributed by atoms with Crippen LogP contribution in [0.4, 0.5) is 0 Å². The van der Waals surface area contributed by atoms with E-state index >= 15 is 0 Å². The van der Waals surface area contributed by atoms with Gasteiger partial charge in [-0.1, -0.05) is 49.4 Å². The summed E-state index contributed by atoms with van der Waals surface area (Å²) in [6.45, 7) is 1.21. The molecule has 2 aliphatic rings. The highest BCUT2D eigenvalue weighted by atomic mass is 35.5. The Hall–Kier alpha value is -1.55. The number of amides is 2. The Morgan fingerprint density at radius 2 is 1.77 bits per heavy atom. The summed E-state index contributed by atoms with van der Waals surface area (Å²) in [6, 6.07) is 8.06. The number of likely N-dealkylation sites (tertiary alicyclic amines) is 1. The lowest BCUT2D eigenvalue weighted by molar-refractivity contribution is -0.141. The molecule has 0 radical (unpaired) electrons. The number of piperidine rings is 1. The van der Waals surface area contributed by atoms with Gasteiger partial charge in [0.2, 0.25) is 11.8 Å². The van der Waals surface area contributed by atoms with E-state index in [2.05, 4.69) is 5.32 Å². The lowest BCUT2D eigenvalue weighted by atomic mass is 9.93. The van der Waals surface area contributed by atoms with E-state index in [4.69, 9.17) is 11.6 Å². The van der Waals surface area contributed by atoms with Crippen molar-refractivity contribution >= 4 is 23.4 Å². The molecule has 1 aliphatic carbocycles. The highest BCUT2D eigenvalue weighted by Crippen LogP contribution is 2.27. The van der Waals surface area contributed by atoms with E-state index in [0.717, 1.165) is 29.8 Å². The van der Waals surface area contributed by atoms with Crippen molar-refractivity contribution < 1.29 is 9.59 Å². The Bertz CT molecular complexity index is 609. The second kappa shape index (κ2) is 9.40. The predicted octanol–water partition coefficient (Wildman–Crippen LogP) is 3.96. The van der Waals surface area contributed by atoms with Gasteiger partial charge in [0, 0.05) is 30.6 Å². The first-order valence-electron chi connectivity index (χ1n) is 9.95. The molecule has 0 bridgehead atoms. The summed E-state index contributed by atoms with van der Waals surface area (Å²) in [5, 5.41) is 3.78. The van der Waals surface area contributed by atoms with Crippen molar-refractivity contribution in [1.29, 1.82) is 0 Å². The molecule has 1 saturated carbocycles. The molecule has 142 valence electrons. The van der Waals surface area contributed by atoms with Gasteiger partial charge in [-0.3, -0.25) is 9.59 Å². The Kier molecular flexibility index (Phi) is 6.95. The third-order valence-corrected chi connectivity index (χ3v) is 5.96. The molecule has 2 fully saturated rings. The SMILES string of the molecule is O=C(NCCc1ccc(Cl)cc1)[C@@H]1CCC(=O)N(C2CCCCCC2)C1. The molecule has 2 amide bonds. The third kappa shape index (κ3) is 5.23. The van der Waals surface area contributed by atoms with Crippen LogP contribution in [0, 0.1) is 5.92 Å². The van der Waals surface area contributed by atoms with Gasteiger partial charge < -0.3 is 10.2 Å². The van der Waals surface area contributed by atoms with Crippen molar-refractivity contribution in [3.05, 3.63) is 34.9 Å². The lowest BCUT2D eigenvalue weighted by Crippen LogP contribution is -2.50. The van der Waals surface area contributed by atoms with Crippen LogP contribution in [0.1, 0.15) is 56.9 Å². The Morgan fingerprint density at radius 1 is 1.08 bits per heavy atom. The molecule has 0 spiro atoms. The predicted molar refractivity (Wildman–Crippen MR) is 104 cm³/mol. The molecular formula is C21H29ClN2O2. The van der Waals surface area contributed by atoms with Gasteiger partial charge in [0.05, 0.1) is 5.92 Å². The monoisotopic (exact) mass is 376 g/mol. The Balaban J connectivity index is 1.49. The number of hydrogen-bond acceptors (Lipinski definition) is 2. The van der Waals surface area contributed by atoms with Crippen molar-refractivity contribution in [1.82, 2.24) is 10.2 Å². The zero-order valence-corrected chi connectivity index (χ0v) is 16.1. The number of rotatable bonds is 5. The molecule has 1 N–H and O–H groups in total. The van der Waals surface area contributed by atoms with E-state index in [0.29, 0.717) is 32.0 Å². The van der Waals surface area contributed by atoms with Crippen LogP contribution < -0.4 is 5.32 Å². The minimum atomic E-state index is -0.0684. The van der Waals surface area contributed by atoms with E-state index in [1.54, 1.807) is 0 Å². The molecule has 1 heterocycles. The van der Waals surface area contributed by atoms with Crippen LogP contribution in [-0.4, -0.2) is 35.8 Å². The molecule has 1 aliphatic heterocycles. The summed E-state index contributed by atoms with van der Waals surface area (Å²) < 4.78 is 0. The van der Waals surface area contributed by atoms with Crippen molar-refractivity contribution in [3.63, 3.8) is 0 Å². The van der Waals surface area contributed by atoms with Crippen LogP contribution in [0.2, 0.25) is 5.02 Å². The molecule has 3 rings (SSSR count). The number of nitrogens with one attached hydrogen (secondary N) is 1. The summed E-state index contributed by atoms with van der Waals surface area (Å²) >= 11 is 5.90. The van der Waals surface area contributed by atoms with Gasteiger partial charge in [-0.2, -0.15) is 0 Å². The maximum atomic E-state index is 12.6. The van der Waals surface area contributed by atoms with Crippen molar-refractivity contribution in [2.45, 2.75) is 63.8 Å². The van der Waals surface area contributed by atoms with Gasteiger partial charge in [0.25, 0.3) is 0 Å². The highest BCUT2D eigenvalue weighted by molar-refractivity contribution is 6.30. The fraction of sp³-hybridized carbons (Fsp3) is 0.619. The van der Waals surface area contributed by atoms with E-state index in [1.807, 2.05) is 29.2 Å². The lowest BCUT2D eigenvalue weighted by Gasteiger charge is -2.37. The Morgan fingerprint density at radius 3 is 2.46 bits per heavy atom. The van der Waals surface area contributed by atoms with Gasteiger partial charge in [0.1, 0.15) is 0 Å². The molecule has 1 aromatic rings. The zero-order valence-electron chi connectivity index (χ0n) is 15.4. The van der Waals surface area contributed by atoms with E-state index in [9.17, 15) is 9.59 Å². The van der Waals surface area contributed by atoms with Crippen molar-refractivity contribution in [2.75, 3.05) is 13.1 Å². The fourth-order valence-corrected chi connectivity index (χ4v) is 4.26. The van der Waals surface area contributed by atoms with Gasteiger partial charge in [-0.25, -0.2) is 0 Å². The first kappa shape index (κ1) is 19.2. The van der Waals surface area contributed by atoms with Crippen LogP contribution in [0.25, 0.3) is 0 Å². The smallest absolute Gasteiger partial charge is 0.224 e. The number of carbonyl (C=O) groups is 2. The van der Waals surface area contributed by atoms with E-state index in [1.165, 1.54) is 25.7 Å². The number of benzene rings is 1. The molecular weight excluding hydrogens is 348 g/mol. The minimum absolute atomic E-state index is 0.0684. The number of hydrogen-bond donors (Lipinski definition) is 1. The molecule has 1 saturated heterocycles. The number of carbonyl (C=O) groups excluding carboxylic acids is 2. The third-order valence-electron chi connectivity index (χ3n) is 5.71. The summed E-state index contributed by atoms with van der Waals surface area (Å²) in [7, 11) is 0. The molecule has 0 aromatic heterocycles. The average Bonchev–Trinajstić information content (AvgIpc) is 2.93. The van der Waals surface area contributed by atoms with Gasteiger partial charge in [-0.15, -0.1) is 0 Å². The van der Waals surface area contributed by atoms with Crippen LogP contribution in [-0.2, 0) is 16.0 Å². The summed E-state index contributed by atoms with van der Waals surface area (Å²) in [5.41, 5.74) is 1.16. The molecule has 1 atom stereocenters. The molecule has 4 nitrogen and oxygen atoms in total. The van der Waals surface area contributed by atoms with Crippen molar-refractivity contribution in [2.24, 2.45) is 5.92 Å². The van der Waals surface area contributed by atoms with Crippen molar-refractivity contribution in [3.8, 4) is 0 Å². The Labute approximate surface area is 161 Å². The first-order valence-corrected chi connectivity index (χ1v) is 10.3. The average molecular weight is 377 g/mol. The number of halogens is 1. The van der Waals surface area contributed by atoms with E-state index in [-0.39, 0.29) is 17.7 Å². The first-order chi connectivity index (χ1) is 12.6. The standard InChI is InChI=1S/C21H29ClN2O2/c22-18-10-7-16(8-11-18)13-14-23-21(26)17-9-12-20(25)24(15-17)19-5-3-1-2-4-6-19/h7-8,10-11,17,19H,1-6,9,12-15H2,(H,23,26)/t17-/m1/s1. The molecule has 5 heteroatoms. The quantitative estimate of drug-likeness (QED) is 0.791. The maximum Gasteiger partial charge on any atom is 0.224 e. The maximum absolute atomic E-state index is 12.6. The van der Waals surface area contributed by atoms with Gasteiger partial charge in [-0.05, 0) is 43.4 Å². The minimum Gasteiger partial charge on any atom is -0.355 e. The molecule has 0 unspecified atom stereocenters. The van der Waals surface area contributed by atoms with E-state index < -0.39 is 0 Å². The largest absolute Gasteiger partial charge is 0.355 e. The van der Waals surface area contributed by atoms with Gasteiger partial charge >= 0.3 is 0 Å². The molecule has 1 aromatic carbocycles. The second-order valence-corrected chi connectivity index (χ2v) is 8.03. The fourth-order valence-electron chi connectivity index (χ4n) is 4.13. The normalized spacial score (nSPS) is 22.1. The highest BCUT2D eigenvalue weighted by Gasteiger charge is 2.34. The topological polar surface area (TPSA) is 49.4 Å². The summed E-state index contributed by atoms with van der Waals surface area (Å²) in [4.78, 5) is 27.0. The second-order valence-electron chi connectivity index (χ2n) is 7.59. The summed E-state index contributed by atoms with van der Waals surface area (Å²) in [5.74, 6) is 0.258. The van der Waals surface area contributed by atoms with Gasteiger partial charge in [0.15, 0.2) is 0 Å². The summed E-state index contributed by atoms with van der Waals surface area (Å²) in [6.07, 6.45) is 9.11. The van der Waals surface area contributed by atoms with Crippen LogP contribution in [0.15, 0.2) is 24.3 Å². The van der Waals surface area contributed by atoms with Crippen LogP contribution in [0.3, 0.4) is 0 Å². The van der Waals surface area contributed by atoms with Crippen LogP contribution >= 0.6 is 11.6 Å².